The molecule has 2 rings (SSSR count). The molecule has 1 aromatic carbocycles. The lowest BCUT2D eigenvalue weighted by Crippen LogP contribution is -2.42. The fourth-order valence-electron chi connectivity index (χ4n) is 2.11. The number of aliphatic carboxylic acids is 1. The normalized spacial score (nSPS) is 12.5. The number of nitrogens with zero attached hydrogens (tertiary/aromatic N) is 1. The number of carbonyl (C=O) groups is 2. The molecule has 2 aromatic rings. The number of carbonyl (C=O) groups excluding carboxylic acids is 1. The largest absolute Gasteiger partial charge is 0.480 e. The molecule has 0 amide bonds. The van der Waals surface area contributed by atoms with Gasteiger partial charge in [0.05, 0.1) is 12.8 Å². The van der Waals surface area contributed by atoms with E-state index in [-0.39, 0.29) is 18.6 Å². The Morgan fingerprint density at radius 1 is 1.32 bits per heavy atom. The second-order valence-electron chi connectivity index (χ2n) is 5.04. The summed E-state index contributed by atoms with van der Waals surface area (Å²) in [5.74, 6) is -2.21. The average molecular weight is 367 g/mol. The summed E-state index contributed by atoms with van der Waals surface area (Å²) >= 11 is 0. The van der Waals surface area contributed by atoms with Crippen LogP contribution in [0.5, 0.6) is 0 Å². The van der Waals surface area contributed by atoms with Crippen LogP contribution in [-0.4, -0.2) is 48.3 Å². The predicted octanol–water partition coefficient (Wildman–Crippen LogP) is 0.561. The molecule has 0 bridgehead atoms. The molecule has 0 unspecified atom stereocenters. The SMILES string of the molecule is CCOC(=O)c1cn[nH]c1S(=O)(=O)N[C@@H](Cc1ccccc1)C(=O)O. The zero-order valence-corrected chi connectivity index (χ0v) is 14.1. The Bertz CT molecular complexity index is 847. The number of rotatable bonds is 8. The van der Waals surface area contributed by atoms with E-state index in [4.69, 9.17) is 4.74 Å². The Balaban J connectivity index is 2.25. The molecule has 0 aliphatic heterocycles. The summed E-state index contributed by atoms with van der Waals surface area (Å²) in [6.07, 6.45) is 0.956. The molecule has 0 aliphatic carbocycles. The van der Waals surface area contributed by atoms with Crippen LogP contribution in [0.15, 0.2) is 41.6 Å². The Morgan fingerprint density at radius 3 is 2.60 bits per heavy atom. The monoisotopic (exact) mass is 367 g/mol. The third-order valence-electron chi connectivity index (χ3n) is 3.25. The van der Waals surface area contributed by atoms with Crippen molar-refractivity contribution >= 4 is 22.0 Å². The number of aromatic nitrogens is 2. The lowest BCUT2D eigenvalue weighted by molar-refractivity contribution is -0.138. The minimum absolute atomic E-state index is 0.0573. The van der Waals surface area contributed by atoms with E-state index in [9.17, 15) is 23.1 Å². The number of nitrogens with one attached hydrogen (secondary N) is 2. The quantitative estimate of drug-likeness (QED) is 0.579. The minimum atomic E-state index is -4.32. The van der Waals surface area contributed by atoms with E-state index in [0.717, 1.165) is 6.20 Å². The number of hydrogen-bond donors (Lipinski definition) is 3. The van der Waals surface area contributed by atoms with Crippen molar-refractivity contribution in [1.29, 1.82) is 0 Å². The number of ether oxygens (including phenoxy) is 1. The van der Waals surface area contributed by atoms with Gasteiger partial charge in [-0.3, -0.25) is 9.89 Å². The summed E-state index contributed by atoms with van der Waals surface area (Å²) in [6, 6.07) is 7.16. The number of aromatic amines is 1. The molecule has 0 aliphatic rings. The third kappa shape index (κ3) is 4.64. The second kappa shape index (κ2) is 7.90. The van der Waals surface area contributed by atoms with E-state index in [1.54, 1.807) is 37.3 Å². The van der Waals surface area contributed by atoms with Crippen molar-refractivity contribution in [3.8, 4) is 0 Å². The number of carboxylic acids is 1. The summed E-state index contributed by atoms with van der Waals surface area (Å²) in [5.41, 5.74) is 0.353. The van der Waals surface area contributed by atoms with Crippen LogP contribution in [-0.2, 0) is 26.0 Å². The average Bonchev–Trinajstić information content (AvgIpc) is 3.06. The Morgan fingerprint density at radius 2 is 2.00 bits per heavy atom. The molecule has 0 spiro atoms. The Kier molecular flexibility index (Phi) is 5.88. The van der Waals surface area contributed by atoms with Gasteiger partial charge in [0, 0.05) is 0 Å². The molecule has 3 N–H and O–H groups in total. The first-order chi connectivity index (χ1) is 11.8. The van der Waals surface area contributed by atoms with Crippen LogP contribution < -0.4 is 4.72 Å². The van der Waals surface area contributed by atoms with Crippen LogP contribution >= 0.6 is 0 Å². The molecular weight excluding hydrogens is 350 g/mol. The summed E-state index contributed by atoms with van der Waals surface area (Å²) in [5, 5.41) is 14.5. The first kappa shape index (κ1) is 18.6. The van der Waals surface area contributed by atoms with Crippen LogP contribution in [0.3, 0.4) is 0 Å². The van der Waals surface area contributed by atoms with Crippen molar-refractivity contribution in [3.63, 3.8) is 0 Å². The zero-order chi connectivity index (χ0) is 18.4. The van der Waals surface area contributed by atoms with Gasteiger partial charge in [0.1, 0.15) is 11.6 Å². The van der Waals surface area contributed by atoms with Gasteiger partial charge in [-0.25, -0.2) is 13.2 Å². The molecule has 25 heavy (non-hydrogen) atoms. The minimum Gasteiger partial charge on any atom is -0.480 e. The molecule has 10 heteroatoms. The van der Waals surface area contributed by atoms with Crippen molar-refractivity contribution < 1.29 is 27.9 Å². The molecular formula is C15H17N3O6S. The van der Waals surface area contributed by atoms with E-state index in [0.29, 0.717) is 5.56 Å². The van der Waals surface area contributed by atoms with Crippen LogP contribution in [0.1, 0.15) is 22.8 Å². The molecule has 1 heterocycles. The highest BCUT2D eigenvalue weighted by Gasteiger charge is 2.31. The van der Waals surface area contributed by atoms with Crippen molar-refractivity contribution in [2.45, 2.75) is 24.4 Å². The third-order valence-corrected chi connectivity index (χ3v) is 4.69. The fourth-order valence-corrected chi connectivity index (χ4v) is 3.38. The summed E-state index contributed by atoms with van der Waals surface area (Å²) in [4.78, 5) is 23.2. The first-order valence-electron chi connectivity index (χ1n) is 7.34. The van der Waals surface area contributed by atoms with Gasteiger partial charge in [0.25, 0.3) is 10.0 Å². The highest BCUT2D eigenvalue weighted by molar-refractivity contribution is 7.89. The lowest BCUT2D eigenvalue weighted by Gasteiger charge is -2.14. The summed E-state index contributed by atoms with van der Waals surface area (Å²) < 4.78 is 31.8. The van der Waals surface area contributed by atoms with Gasteiger partial charge in [-0.05, 0) is 18.9 Å². The number of esters is 1. The van der Waals surface area contributed by atoms with E-state index in [1.165, 1.54) is 0 Å². The molecule has 0 saturated heterocycles. The predicted molar refractivity (Wildman–Crippen MR) is 86.4 cm³/mol. The fraction of sp³-hybridized carbons (Fsp3) is 0.267. The highest BCUT2D eigenvalue weighted by atomic mass is 32.2. The van der Waals surface area contributed by atoms with Crippen molar-refractivity contribution in [3.05, 3.63) is 47.7 Å². The van der Waals surface area contributed by atoms with Crippen LogP contribution in [0.2, 0.25) is 0 Å². The topological polar surface area (TPSA) is 138 Å². The molecule has 9 nitrogen and oxygen atoms in total. The maximum atomic E-state index is 12.5. The van der Waals surface area contributed by atoms with E-state index in [2.05, 4.69) is 14.9 Å². The van der Waals surface area contributed by atoms with E-state index < -0.39 is 33.0 Å². The maximum Gasteiger partial charge on any atom is 0.342 e. The zero-order valence-electron chi connectivity index (χ0n) is 13.3. The molecule has 0 fully saturated rings. The number of benzene rings is 1. The molecule has 0 saturated carbocycles. The van der Waals surface area contributed by atoms with Gasteiger partial charge >= 0.3 is 11.9 Å². The standard InChI is InChI=1S/C15H17N3O6S/c1-2-24-15(21)11-9-16-17-13(11)25(22,23)18-12(14(19)20)8-10-6-4-3-5-7-10/h3-7,9,12,18H,2,8H2,1H3,(H,16,17)(H,19,20)/t12-/m0/s1. The number of carboxylic acid groups (broad SMARTS) is 1. The molecule has 1 atom stereocenters. The van der Waals surface area contributed by atoms with Crippen LogP contribution in [0.4, 0.5) is 0 Å². The molecule has 1 aromatic heterocycles. The summed E-state index contributed by atoms with van der Waals surface area (Å²) in [7, 11) is -4.32. The molecule has 0 radical (unpaired) electrons. The number of H-pyrrole nitrogens is 1. The van der Waals surface area contributed by atoms with E-state index >= 15 is 0 Å². The number of sulfonamides is 1. The highest BCUT2D eigenvalue weighted by Crippen LogP contribution is 2.15. The van der Waals surface area contributed by atoms with Crippen LogP contribution in [0.25, 0.3) is 0 Å². The Labute approximate surface area is 144 Å². The summed E-state index contributed by atoms with van der Waals surface area (Å²) in [6.45, 7) is 1.63. The van der Waals surface area contributed by atoms with Crippen LogP contribution in [0, 0.1) is 0 Å². The Hall–Kier alpha value is -2.72. The van der Waals surface area contributed by atoms with Gasteiger partial charge in [-0.1, -0.05) is 30.3 Å². The van der Waals surface area contributed by atoms with Gasteiger partial charge in [-0.2, -0.15) is 9.82 Å². The van der Waals surface area contributed by atoms with Gasteiger partial charge in [-0.15, -0.1) is 0 Å². The van der Waals surface area contributed by atoms with E-state index in [1.807, 2.05) is 0 Å². The van der Waals surface area contributed by atoms with Gasteiger partial charge in [0.15, 0.2) is 5.03 Å². The van der Waals surface area contributed by atoms with Crippen molar-refractivity contribution in [2.75, 3.05) is 6.61 Å². The molecule has 134 valence electrons. The maximum absolute atomic E-state index is 12.5. The van der Waals surface area contributed by atoms with Gasteiger partial charge in [0.2, 0.25) is 0 Å². The smallest absolute Gasteiger partial charge is 0.342 e. The lowest BCUT2D eigenvalue weighted by atomic mass is 10.1. The van der Waals surface area contributed by atoms with Crippen molar-refractivity contribution in [1.82, 2.24) is 14.9 Å². The first-order valence-corrected chi connectivity index (χ1v) is 8.83. The number of hydrogen-bond acceptors (Lipinski definition) is 6. The second-order valence-corrected chi connectivity index (χ2v) is 6.69. The van der Waals surface area contributed by atoms with Gasteiger partial charge < -0.3 is 9.84 Å². The van der Waals surface area contributed by atoms with Crippen molar-refractivity contribution in [2.24, 2.45) is 0 Å².